The molecule has 2 atom stereocenters. The van der Waals surface area contributed by atoms with Crippen molar-refractivity contribution in [1.29, 1.82) is 0 Å². The van der Waals surface area contributed by atoms with E-state index < -0.39 is 41.5 Å². The molecule has 0 aromatic heterocycles. The van der Waals surface area contributed by atoms with Gasteiger partial charge in [-0.05, 0) is 88.4 Å². The molecule has 2 aromatic rings. The normalized spacial score (nSPS) is 12.5. The molecule has 0 fully saturated rings. The second-order valence-corrected chi connectivity index (χ2v) is 11.7. The summed E-state index contributed by atoms with van der Waals surface area (Å²) in [5.41, 5.74) is 7.67. The Hall–Kier alpha value is -4.08. The first kappa shape index (κ1) is 35.1. The van der Waals surface area contributed by atoms with E-state index in [2.05, 4.69) is 17.6 Å². The van der Waals surface area contributed by atoms with Crippen molar-refractivity contribution in [1.82, 2.24) is 10.2 Å². The monoisotopic (exact) mass is 596 g/mol. The molecule has 0 spiro atoms. The molecule has 4 N–H and O–H groups in total. The largest absolute Gasteiger partial charge is 0.497 e. The molecule has 0 aliphatic rings. The maximum atomic E-state index is 14.4. The molecule has 43 heavy (non-hydrogen) atoms. The number of primary amides is 1. The predicted molar refractivity (Wildman–Crippen MR) is 168 cm³/mol. The van der Waals surface area contributed by atoms with Gasteiger partial charge in [0.05, 0.1) is 7.11 Å². The number of methoxy groups -OCH3 is 1. The molecule has 10 nitrogen and oxygen atoms in total. The number of benzene rings is 2. The van der Waals surface area contributed by atoms with E-state index in [4.69, 9.17) is 15.2 Å². The van der Waals surface area contributed by atoms with Gasteiger partial charge in [-0.25, -0.2) is 4.79 Å². The summed E-state index contributed by atoms with van der Waals surface area (Å²) in [6, 6.07) is 10.4. The van der Waals surface area contributed by atoms with Gasteiger partial charge in [0.1, 0.15) is 23.4 Å². The highest BCUT2D eigenvalue weighted by atomic mass is 16.6. The van der Waals surface area contributed by atoms with E-state index in [0.717, 1.165) is 30.4 Å². The Labute approximate surface area is 255 Å². The fourth-order valence-electron chi connectivity index (χ4n) is 4.68. The Kier molecular flexibility index (Phi) is 13.5. The number of carbonyl (C=O) groups is 4. The van der Waals surface area contributed by atoms with Gasteiger partial charge in [0.15, 0.2) is 0 Å². The molecule has 2 aromatic carbocycles. The zero-order valence-corrected chi connectivity index (χ0v) is 26.6. The quantitative estimate of drug-likeness (QED) is 0.230. The number of hydrogen-bond donors (Lipinski definition) is 3. The van der Waals surface area contributed by atoms with Crippen molar-refractivity contribution < 1.29 is 28.7 Å². The number of unbranched alkanes of at least 4 members (excludes halogenated alkanes) is 3. The lowest BCUT2D eigenvalue weighted by molar-refractivity contribution is -0.141. The number of carbonyl (C=O) groups excluding carboxylic acids is 4. The molecule has 0 saturated heterocycles. The third kappa shape index (κ3) is 11.3. The lowest BCUT2D eigenvalue weighted by Crippen LogP contribution is -2.53. The van der Waals surface area contributed by atoms with Crippen LogP contribution in [0.1, 0.15) is 89.0 Å². The number of alkyl carbamates (subject to hydrolysis) is 1. The maximum Gasteiger partial charge on any atom is 0.408 e. The van der Waals surface area contributed by atoms with Gasteiger partial charge in [-0.2, -0.15) is 0 Å². The molecule has 0 heterocycles. The molecule has 2 unspecified atom stereocenters. The van der Waals surface area contributed by atoms with Crippen LogP contribution in [-0.2, 0) is 19.1 Å². The molecule has 0 aliphatic carbocycles. The van der Waals surface area contributed by atoms with E-state index in [1.54, 1.807) is 52.1 Å². The smallest absolute Gasteiger partial charge is 0.408 e. The molecule has 0 aliphatic heterocycles. The van der Waals surface area contributed by atoms with Gasteiger partial charge in [0, 0.05) is 18.7 Å². The van der Waals surface area contributed by atoms with Crippen LogP contribution in [0.3, 0.4) is 0 Å². The molecule has 0 radical (unpaired) electrons. The van der Waals surface area contributed by atoms with E-state index >= 15 is 0 Å². The third-order valence-electron chi connectivity index (χ3n) is 7.06. The lowest BCUT2D eigenvalue weighted by Gasteiger charge is -2.35. The average Bonchev–Trinajstić information content (AvgIpc) is 2.93. The highest BCUT2D eigenvalue weighted by Gasteiger charge is 2.37. The number of amides is 4. The van der Waals surface area contributed by atoms with Crippen LogP contribution in [0.2, 0.25) is 0 Å². The van der Waals surface area contributed by atoms with Crippen molar-refractivity contribution in [3.8, 4) is 5.75 Å². The summed E-state index contributed by atoms with van der Waals surface area (Å²) >= 11 is 0. The Bertz CT molecular complexity index is 1240. The van der Waals surface area contributed by atoms with Crippen molar-refractivity contribution in [2.75, 3.05) is 19.0 Å². The van der Waals surface area contributed by atoms with Crippen LogP contribution in [0.5, 0.6) is 5.75 Å². The molecular weight excluding hydrogens is 548 g/mol. The Morgan fingerprint density at radius 3 is 2.23 bits per heavy atom. The number of aryl methyl sites for hydroxylation is 1. The van der Waals surface area contributed by atoms with Gasteiger partial charge in [-0.15, -0.1) is 0 Å². The van der Waals surface area contributed by atoms with Crippen molar-refractivity contribution >= 4 is 29.5 Å². The Morgan fingerprint density at radius 1 is 0.977 bits per heavy atom. The molecule has 4 amide bonds. The van der Waals surface area contributed by atoms with Crippen LogP contribution in [0.25, 0.3) is 0 Å². The van der Waals surface area contributed by atoms with E-state index in [1.165, 1.54) is 4.90 Å². The highest BCUT2D eigenvalue weighted by Crippen LogP contribution is 2.30. The van der Waals surface area contributed by atoms with E-state index in [9.17, 15) is 19.2 Å². The summed E-state index contributed by atoms with van der Waals surface area (Å²) in [5, 5.41) is 5.60. The van der Waals surface area contributed by atoms with Gasteiger partial charge in [0.2, 0.25) is 11.8 Å². The number of rotatable bonds is 15. The van der Waals surface area contributed by atoms with Crippen LogP contribution in [0.4, 0.5) is 10.5 Å². The number of nitrogens with one attached hydrogen (secondary N) is 2. The highest BCUT2D eigenvalue weighted by molar-refractivity contribution is 5.99. The first-order chi connectivity index (χ1) is 20.3. The summed E-state index contributed by atoms with van der Waals surface area (Å²) in [6.07, 6.45) is 2.48. The average molecular weight is 597 g/mol. The SMILES string of the molecule is CCCCCCN(C(=O)C(CCC(N)=O)NC(=O)OC(C)(C)C)C(C(=O)Nc1ccc(OC)cc1)c1cccc(C)c1C. The van der Waals surface area contributed by atoms with Crippen molar-refractivity contribution in [2.45, 2.75) is 97.8 Å². The fraction of sp³-hybridized carbons (Fsp3) is 0.515. The first-order valence-electron chi connectivity index (χ1n) is 14.9. The topological polar surface area (TPSA) is 140 Å². The summed E-state index contributed by atoms with van der Waals surface area (Å²) in [5.74, 6) is -0.878. The number of ether oxygens (including phenoxy) is 2. The maximum absolute atomic E-state index is 14.4. The second-order valence-electron chi connectivity index (χ2n) is 11.7. The Morgan fingerprint density at radius 2 is 1.65 bits per heavy atom. The minimum absolute atomic E-state index is 0.0432. The fourth-order valence-corrected chi connectivity index (χ4v) is 4.68. The molecular formula is C33H48N4O6. The van der Waals surface area contributed by atoms with Crippen molar-refractivity contribution in [3.05, 3.63) is 59.2 Å². The summed E-state index contributed by atoms with van der Waals surface area (Å²) in [4.78, 5) is 54.6. The first-order valence-corrected chi connectivity index (χ1v) is 14.9. The van der Waals surface area contributed by atoms with E-state index in [0.29, 0.717) is 23.4 Å². The van der Waals surface area contributed by atoms with Crippen LogP contribution in [0, 0.1) is 13.8 Å². The summed E-state index contributed by atoms with van der Waals surface area (Å²) < 4.78 is 10.7. The van der Waals surface area contributed by atoms with Gasteiger partial charge in [-0.1, -0.05) is 44.4 Å². The number of hydrogen-bond acceptors (Lipinski definition) is 6. The Balaban J connectivity index is 2.60. The van der Waals surface area contributed by atoms with Crippen LogP contribution < -0.4 is 21.1 Å². The molecule has 0 saturated carbocycles. The van der Waals surface area contributed by atoms with Crippen LogP contribution >= 0.6 is 0 Å². The van der Waals surface area contributed by atoms with Gasteiger partial charge >= 0.3 is 6.09 Å². The zero-order valence-electron chi connectivity index (χ0n) is 26.6. The van der Waals surface area contributed by atoms with Crippen molar-refractivity contribution in [2.24, 2.45) is 5.73 Å². The van der Waals surface area contributed by atoms with Gasteiger partial charge in [-0.3, -0.25) is 14.4 Å². The molecule has 236 valence electrons. The predicted octanol–water partition coefficient (Wildman–Crippen LogP) is 5.56. The summed E-state index contributed by atoms with van der Waals surface area (Å²) in [7, 11) is 1.56. The molecule has 0 bridgehead atoms. The van der Waals surface area contributed by atoms with Crippen LogP contribution in [0.15, 0.2) is 42.5 Å². The minimum Gasteiger partial charge on any atom is -0.497 e. The van der Waals surface area contributed by atoms with Gasteiger partial charge in [0.25, 0.3) is 5.91 Å². The van der Waals surface area contributed by atoms with Crippen molar-refractivity contribution in [3.63, 3.8) is 0 Å². The zero-order chi connectivity index (χ0) is 32.2. The lowest BCUT2D eigenvalue weighted by atomic mass is 9.94. The summed E-state index contributed by atoms with van der Waals surface area (Å²) in [6.45, 7) is 11.4. The van der Waals surface area contributed by atoms with Gasteiger partial charge < -0.3 is 30.7 Å². The van der Waals surface area contributed by atoms with E-state index in [-0.39, 0.29) is 19.4 Å². The standard InChI is InChI=1S/C33H48N4O6/c1-8-9-10-11-21-37(31(40)27(19-20-28(34)38)36-32(41)43-33(4,5)6)29(26-14-12-13-22(2)23(26)3)30(39)35-24-15-17-25(42-7)18-16-24/h12-18,27,29H,8-11,19-21H2,1-7H3,(H2,34,38)(H,35,39)(H,36,41). The number of nitrogens with zero attached hydrogens (tertiary/aromatic N) is 1. The number of anilines is 1. The molecule has 2 rings (SSSR count). The minimum atomic E-state index is -1.14. The third-order valence-corrected chi connectivity index (χ3v) is 7.06. The van der Waals surface area contributed by atoms with E-state index in [1.807, 2.05) is 32.0 Å². The van der Waals surface area contributed by atoms with Crippen LogP contribution in [-0.4, -0.2) is 54.0 Å². The number of nitrogens with two attached hydrogens (primary N) is 1. The molecule has 10 heteroatoms. The second kappa shape index (κ2) is 16.5.